The first-order chi connectivity index (χ1) is 7.29. The molecule has 0 aliphatic carbocycles. The molecule has 0 fully saturated rings. The fourth-order valence-electron chi connectivity index (χ4n) is 1.42. The third-order valence-corrected chi connectivity index (χ3v) is 2.36. The third-order valence-electron chi connectivity index (χ3n) is 2.36. The highest BCUT2D eigenvalue weighted by atomic mass is 19.1. The first-order valence-corrected chi connectivity index (χ1v) is 5.48. The number of hydrogen-bond donors (Lipinski definition) is 1. The first-order valence-electron chi connectivity index (χ1n) is 5.48. The molecule has 0 bridgehead atoms. The summed E-state index contributed by atoms with van der Waals surface area (Å²) in [4.78, 5) is 0. The van der Waals surface area contributed by atoms with E-state index in [2.05, 4.69) is 26.1 Å². The van der Waals surface area contributed by atoms with Crippen LogP contribution in [-0.4, -0.2) is 6.54 Å². The lowest BCUT2D eigenvalue weighted by molar-refractivity contribution is 0.356. The van der Waals surface area contributed by atoms with Crippen LogP contribution in [0.3, 0.4) is 0 Å². The van der Waals surface area contributed by atoms with E-state index in [9.17, 15) is 8.78 Å². The van der Waals surface area contributed by atoms with E-state index >= 15 is 0 Å². The van der Waals surface area contributed by atoms with Gasteiger partial charge in [0.2, 0.25) is 0 Å². The van der Waals surface area contributed by atoms with Gasteiger partial charge in [0, 0.05) is 18.2 Å². The maximum Gasteiger partial charge on any atom is 0.128 e. The van der Waals surface area contributed by atoms with E-state index in [0.717, 1.165) is 12.6 Å². The van der Waals surface area contributed by atoms with Crippen molar-refractivity contribution in [3.8, 4) is 0 Å². The Morgan fingerprint density at radius 2 is 1.88 bits per heavy atom. The molecule has 1 aromatic rings. The molecule has 0 heterocycles. The molecule has 3 heteroatoms. The van der Waals surface area contributed by atoms with Crippen LogP contribution in [0.5, 0.6) is 0 Å². The lowest BCUT2D eigenvalue weighted by Gasteiger charge is -2.23. The lowest BCUT2D eigenvalue weighted by atomic mass is 9.96. The standard InChI is InChI=1S/C13H19F2N/c1-9(16-8-13(2,3)4)11-7-10(14)5-6-12(11)15/h5-7,9,16H,8H2,1-4H3. The summed E-state index contributed by atoms with van der Waals surface area (Å²) in [6, 6.07) is 3.36. The molecule has 0 saturated carbocycles. The van der Waals surface area contributed by atoms with E-state index in [4.69, 9.17) is 0 Å². The number of nitrogens with one attached hydrogen (secondary N) is 1. The molecule has 0 radical (unpaired) electrons. The maximum absolute atomic E-state index is 13.4. The molecule has 1 unspecified atom stereocenters. The number of halogens is 2. The molecule has 1 aromatic carbocycles. The molecule has 1 atom stereocenters. The molecule has 1 rings (SSSR count). The minimum Gasteiger partial charge on any atom is -0.310 e. The fourth-order valence-corrected chi connectivity index (χ4v) is 1.42. The quantitative estimate of drug-likeness (QED) is 0.831. The summed E-state index contributed by atoms with van der Waals surface area (Å²) in [5.74, 6) is -0.767. The molecular weight excluding hydrogens is 208 g/mol. The van der Waals surface area contributed by atoms with Gasteiger partial charge in [0.1, 0.15) is 11.6 Å². The van der Waals surface area contributed by atoms with E-state index < -0.39 is 5.82 Å². The van der Waals surface area contributed by atoms with Gasteiger partial charge in [-0.3, -0.25) is 0 Å². The topological polar surface area (TPSA) is 12.0 Å². The second-order valence-corrected chi connectivity index (χ2v) is 5.33. The van der Waals surface area contributed by atoms with Crippen molar-refractivity contribution in [3.63, 3.8) is 0 Å². The van der Waals surface area contributed by atoms with Crippen LogP contribution in [0.15, 0.2) is 18.2 Å². The SMILES string of the molecule is CC(NCC(C)(C)C)c1cc(F)ccc1F. The average molecular weight is 227 g/mol. The van der Waals surface area contributed by atoms with Gasteiger partial charge in [0.25, 0.3) is 0 Å². The molecule has 1 nitrogen and oxygen atoms in total. The zero-order valence-electron chi connectivity index (χ0n) is 10.3. The summed E-state index contributed by atoms with van der Waals surface area (Å²) in [6.45, 7) is 8.87. The maximum atomic E-state index is 13.4. The Kier molecular flexibility index (Phi) is 4.03. The van der Waals surface area contributed by atoms with E-state index in [0.29, 0.717) is 5.56 Å². The third kappa shape index (κ3) is 3.89. The van der Waals surface area contributed by atoms with E-state index in [1.54, 1.807) is 0 Å². The van der Waals surface area contributed by atoms with Crippen molar-refractivity contribution in [2.45, 2.75) is 33.7 Å². The second kappa shape index (κ2) is 4.91. The van der Waals surface area contributed by atoms with Crippen molar-refractivity contribution in [1.29, 1.82) is 0 Å². The largest absolute Gasteiger partial charge is 0.310 e. The predicted octanol–water partition coefficient (Wildman–Crippen LogP) is 3.66. The summed E-state index contributed by atoms with van der Waals surface area (Å²) in [5, 5.41) is 3.20. The molecule has 0 aliphatic rings. The summed E-state index contributed by atoms with van der Waals surface area (Å²) in [7, 11) is 0. The molecule has 0 amide bonds. The Labute approximate surface area is 95.9 Å². The van der Waals surface area contributed by atoms with Crippen LogP contribution < -0.4 is 5.32 Å². The average Bonchev–Trinajstić information content (AvgIpc) is 2.17. The van der Waals surface area contributed by atoms with Gasteiger partial charge in [-0.2, -0.15) is 0 Å². The monoisotopic (exact) mass is 227 g/mol. The molecule has 0 aliphatic heterocycles. The van der Waals surface area contributed by atoms with E-state index in [1.165, 1.54) is 12.1 Å². The molecule has 0 saturated heterocycles. The molecular formula is C13H19F2N. The molecule has 0 spiro atoms. The summed E-state index contributed by atoms with van der Waals surface area (Å²) in [6.07, 6.45) is 0. The molecule has 1 N–H and O–H groups in total. The second-order valence-electron chi connectivity index (χ2n) is 5.33. The Balaban J connectivity index is 2.73. The molecule has 90 valence electrons. The van der Waals surface area contributed by atoms with Gasteiger partial charge >= 0.3 is 0 Å². The van der Waals surface area contributed by atoms with Crippen LogP contribution in [0.25, 0.3) is 0 Å². The zero-order valence-corrected chi connectivity index (χ0v) is 10.3. The lowest BCUT2D eigenvalue weighted by Crippen LogP contribution is -2.29. The Hall–Kier alpha value is -0.960. The predicted molar refractivity (Wildman–Crippen MR) is 62.2 cm³/mol. The summed E-state index contributed by atoms with van der Waals surface area (Å²) >= 11 is 0. The van der Waals surface area contributed by atoms with Crippen LogP contribution in [0.1, 0.15) is 39.3 Å². The number of rotatable bonds is 3. The molecule has 16 heavy (non-hydrogen) atoms. The zero-order chi connectivity index (χ0) is 12.3. The van der Waals surface area contributed by atoms with Crippen LogP contribution in [0.4, 0.5) is 8.78 Å². The fraction of sp³-hybridized carbons (Fsp3) is 0.538. The Morgan fingerprint density at radius 1 is 1.25 bits per heavy atom. The van der Waals surface area contributed by atoms with Crippen LogP contribution in [0, 0.1) is 17.0 Å². The minimum atomic E-state index is -0.402. The highest BCUT2D eigenvalue weighted by molar-refractivity contribution is 5.21. The van der Waals surface area contributed by atoms with Gasteiger partial charge in [0.15, 0.2) is 0 Å². The summed E-state index contributed by atoms with van der Waals surface area (Å²) in [5.41, 5.74) is 0.502. The highest BCUT2D eigenvalue weighted by Crippen LogP contribution is 2.19. The van der Waals surface area contributed by atoms with Gasteiger partial charge < -0.3 is 5.32 Å². The van der Waals surface area contributed by atoms with Crippen molar-refractivity contribution in [1.82, 2.24) is 5.32 Å². The van der Waals surface area contributed by atoms with Gasteiger partial charge in [-0.1, -0.05) is 20.8 Å². The van der Waals surface area contributed by atoms with Crippen molar-refractivity contribution in [2.75, 3.05) is 6.54 Å². The van der Waals surface area contributed by atoms with E-state index in [1.807, 2.05) is 6.92 Å². The van der Waals surface area contributed by atoms with Crippen LogP contribution in [0.2, 0.25) is 0 Å². The Morgan fingerprint density at radius 3 is 2.44 bits per heavy atom. The van der Waals surface area contributed by atoms with Gasteiger partial charge in [0.05, 0.1) is 0 Å². The molecule has 0 aromatic heterocycles. The van der Waals surface area contributed by atoms with Crippen LogP contribution in [-0.2, 0) is 0 Å². The highest BCUT2D eigenvalue weighted by Gasteiger charge is 2.15. The first kappa shape index (κ1) is 13.1. The smallest absolute Gasteiger partial charge is 0.128 e. The number of benzene rings is 1. The van der Waals surface area contributed by atoms with Crippen molar-refractivity contribution < 1.29 is 8.78 Å². The Bertz CT molecular complexity index is 355. The van der Waals surface area contributed by atoms with Crippen molar-refractivity contribution in [2.24, 2.45) is 5.41 Å². The van der Waals surface area contributed by atoms with Gasteiger partial charge in [-0.15, -0.1) is 0 Å². The van der Waals surface area contributed by atoms with Crippen LogP contribution >= 0.6 is 0 Å². The number of hydrogen-bond acceptors (Lipinski definition) is 1. The van der Waals surface area contributed by atoms with Crippen molar-refractivity contribution >= 4 is 0 Å². The normalized spacial score (nSPS) is 13.9. The summed E-state index contributed by atoms with van der Waals surface area (Å²) < 4.78 is 26.4. The minimum absolute atomic E-state index is 0.123. The van der Waals surface area contributed by atoms with Crippen molar-refractivity contribution in [3.05, 3.63) is 35.4 Å². The van der Waals surface area contributed by atoms with E-state index in [-0.39, 0.29) is 17.3 Å². The van der Waals surface area contributed by atoms with Gasteiger partial charge in [-0.05, 0) is 30.5 Å². The van der Waals surface area contributed by atoms with Gasteiger partial charge in [-0.25, -0.2) is 8.78 Å².